The lowest BCUT2D eigenvalue weighted by Crippen LogP contribution is -2.42. The Morgan fingerprint density at radius 2 is 1.80 bits per heavy atom. The van der Waals surface area contributed by atoms with Crippen LogP contribution in [0.15, 0.2) is 42.5 Å². The molecule has 3 rings (SSSR count). The zero-order chi connectivity index (χ0) is 18.0. The Labute approximate surface area is 144 Å². The van der Waals surface area contributed by atoms with Gasteiger partial charge in [0.1, 0.15) is 11.6 Å². The van der Waals surface area contributed by atoms with Crippen molar-refractivity contribution < 1.29 is 23.1 Å². The summed E-state index contributed by atoms with van der Waals surface area (Å²) in [5.41, 5.74) is 1.60. The fourth-order valence-corrected chi connectivity index (χ4v) is 2.93. The summed E-state index contributed by atoms with van der Waals surface area (Å²) in [4.78, 5) is 26.3. The van der Waals surface area contributed by atoms with Crippen molar-refractivity contribution in [1.82, 2.24) is 0 Å². The molecule has 1 aliphatic rings. The lowest BCUT2D eigenvalue weighted by Gasteiger charge is -2.31. The van der Waals surface area contributed by atoms with E-state index in [4.69, 9.17) is 4.74 Å². The second-order valence-electron chi connectivity index (χ2n) is 5.93. The molecule has 0 spiro atoms. The normalized spacial score (nSPS) is 14.6. The minimum atomic E-state index is -1.06. The van der Waals surface area contributed by atoms with Gasteiger partial charge in [0.2, 0.25) is 0 Å². The average molecular weight is 345 g/mol. The molecule has 0 bridgehead atoms. The fourth-order valence-electron chi connectivity index (χ4n) is 2.93. The smallest absolute Gasteiger partial charge is 0.339 e. The van der Waals surface area contributed by atoms with Gasteiger partial charge in [0.15, 0.2) is 6.10 Å². The summed E-state index contributed by atoms with van der Waals surface area (Å²) >= 11 is 0. The van der Waals surface area contributed by atoms with Crippen LogP contribution in [0.25, 0.3) is 0 Å². The van der Waals surface area contributed by atoms with Crippen LogP contribution < -0.4 is 4.90 Å². The monoisotopic (exact) mass is 345 g/mol. The Morgan fingerprint density at radius 1 is 1.12 bits per heavy atom. The molecule has 0 saturated heterocycles. The van der Waals surface area contributed by atoms with E-state index < -0.39 is 23.7 Å². The second kappa shape index (κ2) is 7.01. The minimum absolute atomic E-state index is 0.267. The van der Waals surface area contributed by atoms with E-state index in [1.807, 2.05) is 24.3 Å². The molecule has 2 aromatic carbocycles. The highest BCUT2D eigenvalue weighted by molar-refractivity contribution is 5.99. The van der Waals surface area contributed by atoms with E-state index in [2.05, 4.69) is 0 Å². The standard InChI is InChI=1S/C19H17F2NO3/c1-12(25-19(24)14-9-15(20)11-16(21)10-14)18(23)22-8-4-6-13-5-2-3-7-17(13)22/h2-3,5,7,9-12H,4,6,8H2,1H3/t12-/m0/s1. The highest BCUT2D eigenvalue weighted by Gasteiger charge is 2.28. The zero-order valence-corrected chi connectivity index (χ0v) is 13.7. The van der Waals surface area contributed by atoms with Crippen molar-refractivity contribution in [1.29, 1.82) is 0 Å². The third-order valence-corrected chi connectivity index (χ3v) is 4.11. The maximum atomic E-state index is 13.2. The van der Waals surface area contributed by atoms with E-state index in [0.717, 1.165) is 36.2 Å². The molecule has 1 amide bonds. The van der Waals surface area contributed by atoms with Crippen molar-refractivity contribution in [2.24, 2.45) is 0 Å². The van der Waals surface area contributed by atoms with Crippen LogP contribution in [-0.4, -0.2) is 24.5 Å². The third-order valence-electron chi connectivity index (χ3n) is 4.11. The van der Waals surface area contributed by atoms with Gasteiger partial charge in [-0.2, -0.15) is 0 Å². The number of hydrogen-bond acceptors (Lipinski definition) is 3. The number of esters is 1. The second-order valence-corrected chi connectivity index (χ2v) is 5.93. The molecular formula is C19H17F2NO3. The van der Waals surface area contributed by atoms with E-state index in [9.17, 15) is 18.4 Å². The molecule has 0 N–H and O–H groups in total. The topological polar surface area (TPSA) is 46.6 Å². The lowest BCUT2D eigenvalue weighted by atomic mass is 10.0. The van der Waals surface area contributed by atoms with Crippen LogP contribution in [0.2, 0.25) is 0 Å². The van der Waals surface area contributed by atoms with Gasteiger partial charge >= 0.3 is 5.97 Å². The van der Waals surface area contributed by atoms with E-state index >= 15 is 0 Å². The van der Waals surface area contributed by atoms with Gasteiger partial charge in [-0.3, -0.25) is 4.79 Å². The van der Waals surface area contributed by atoms with Gasteiger partial charge in [-0.15, -0.1) is 0 Å². The molecule has 130 valence electrons. The van der Waals surface area contributed by atoms with Crippen LogP contribution in [0.3, 0.4) is 0 Å². The predicted molar refractivity (Wildman–Crippen MR) is 88.4 cm³/mol. The molecule has 1 atom stereocenters. The maximum Gasteiger partial charge on any atom is 0.339 e. The Morgan fingerprint density at radius 3 is 2.52 bits per heavy atom. The molecule has 25 heavy (non-hydrogen) atoms. The van der Waals surface area contributed by atoms with Crippen LogP contribution in [0.1, 0.15) is 29.3 Å². The first kappa shape index (κ1) is 17.1. The van der Waals surface area contributed by atoms with Gasteiger partial charge in [-0.1, -0.05) is 18.2 Å². The summed E-state index contributed by atoms with van der Waals surface area (Å²) in [7, 11) is 0. The molecule has 1 heterocycles. The summed E-state index contributed by atoms with van der Waals surface area (Å²) in [6, 6.07) is 9.98. The van der Waals surface area contributed by atoms with E-state index in [-0.39, 0.29) is 11.5 Å². The Hall–Kier alpha value is -2.76. The number of ether oxygens (including phenoxy) is 1. The molecule has 2 aromatic rings. The quantitative estimate of drug-likeness (QED) is 0.800. The molecule has 1 aliphatic heterocycles. The molecule has 0 radical (unpaired) electrons. The first-order valence-corrected chi connectivity index (χ1v) is 8.02. The Kier molecular flexibility index (Phi) is 4.79. The highest BCUT2D eigenvalue weighted by atomic mass is 19.1. The van der Waals surface area contributed by atoms with Gasteiger partial charge in [-0.05, 0) is 43.5 Å². The van der Waals surface area contributed by atoms with Gasteiger partial charge in [0.05, 0.1) is 5.56 Å². The molecule has 0 saturated carbocycles. The number of aryl methyl sites for hydroxylation is 1. The third kappa shape index (κ3) is 3.68. The number of para-hydroxylation sites is 1. The van der Waals surface area contributed by atoms with Gasteiger partial charge in [-0.25, -0.2) is 13.6 Å². The fraction of sp³-hybridized carbons (Fsp3) is 0.263. The number of hydrogen-bond donors (Lipinski definition) is 0. The van der Waals surface area contributed by atoms with Crippen LogP contribution in [0.4, 0.5) is 14.5 Å². The SMILES string of the molecule is C[C@H](OC(=O)c1cc(F)cc(F)c1)C(=O)N1CCCc2ccccc21. The number of rotatable bonds is 3. The number of benzene rings is 2. The molecule has 0 aliphatic carbocycles. The molecule has 6 heteroatoms. The number of anilines is 1. The van der Waals surface area contributed by atoms with Crippen molar-refractivity contribution >= 4 is 17.6 Å². The van der Waals surface area contributed by atoms with Crippen LogP contribution in [-0.2, 0) is 16.0 Å². The highest BCUT2D eigenvalue weighted by Crippen LogP contribution is 2.27. The Balaban J connectivity index is 1.74. The van der Waals surface area contributed by atoms with Crippen LogP contribution >= 0.6 is 0 Å². The van der Waals surface area contributed by atoms with Gasteiger partial charge in [0, 0.05) is 18.3 Å². The predicted octanol–water partition coefficient (Wildman–Crippen LogP) is 3.49. The van der Waals surface area contributed by atoms with Gasteiger partial charge < -0.3 is 9.64 Å². The number of carbonyl (C=O) groups excluding carboxylic acids is 2. The van der Waals surface area contributed by atoms with E-state index in [0.29, 0.717) is 12.6 Å². The number of amides is 1. The summed E-state index contributed by atoms with van der Waals surface area (Å²) in [5, 5.41) is 0. The first-order valence-electron chi connectivity index (χ1n) is 8.02. The van der Waals surface area contributed by atoms with Crippen molar-refractivity contribution in [2.75, 3.05) is 11.4 Å². The lowest BCUT2D eigenvalue weighted by molar-refractivity contribution is -0.126. The molecule has 0 unspecified atom stereocenters. The molecular weight excluding hydrogens is 328 g/mol. The largest absolute Gasteiger partial charge is 0.449 e. The molecule has 4 nitrogen and oxygen atoms in total. The van der Waals surface area contributed by atoms with E-state index in [1.54, 1.807) is 4.90 Å². The Bertz CT molecular complexity index is 802. The molecule has 0 fully saturated rings. The summed E-state index contributed by atoms with van der Waals surface area (Å²) < 4.78 is 31.5. The summed E-state index contributed by atoms with van der Waals surface area (Å²) in [6.45, 7) is 1.99. The van der Waals surface area contributed by atoms with Crippen molar-refractivity contribution in [3.8, 4) is 0 Å². The van der Waals surface area contributed by atoms with Crippen molar-refractivity contribution in [3.05, 3.63) is 65.2 Å². The summed E-state index contributed by atoms with van der Waals surface area (Å²) in [5.74, 6) is -3.06. The minimum Gasteiger partial charge on any atom is -0.449 e. The van der Waals surface area contributed by atoms with Crippen molar-refractivity contribution in [3.63, 3.8) is 0 Å². The van der Waals surface area contributed by atoms with Gasteiger partial charge in [0.25, 0.3) is 5.91 Å². The van der Waals surface area contributed by atoms with Crippen molar-refractivity contribution in [2.45, 2.75) is 25.9 Å². The average Bonchev–Trinajstić information content (AvgIpc) is 2.59. The molecule has 0 aromatic heterocycles. The maximum absolute atomic E-state index is 13.2. The van der Waals surface area contributed by atoms with E-state index in [1.165, 1.54) is 6.92 Å². The van der Waals surface area contributed by atoms with Crippen LogP contribution in [0.5, 0.6) is 0 Å². The number of halogens is 2. The number of nitrogens with zero attached hydrogens (tertiary/aromatic N) is 1. The summed E-state index contributed by atoms with van der Waals surface area (Å²) in [6.07, 6.45) is 0.639. The zero-order valence-electron chi connectivity index (χ0n) is 13.7. The first-order chi connectivity index (χ1) is 12.0. The number of carbonyl (C=O) groups is 2. The number of fused-ring (bicyclic) bond motifs is 1. The van der Waals surface area contributed by atoms with Crippen LogP contribution in [0, 0.1) is 11.6 Å².